The minimum atomic E-state index is -4.40. The largest absolute Gasteiger partial charge is 0.416 e. The number of pyridine rings is 1. The second-order valence-corrected chi connectivity index (χ2v) is 14.9. The summed E-state index contributed by atoms with van der Waals surface area (Å²) >= 11 is 3.40. The average Bonchev–Trinajstić information content (AvgIpc) is 2.98. The highest BCUT2D eigenvalue weighted by Gasteiger charge is 2.39. The number of hydrogen-bond acceptors (Lipinski definition) is 4. The van der Waals surface area contributed by atoms with Crippen molar-refractivity contribution in [1.29, 1.82) is 0 Å². The zero-order chi connectivity index (χ0) is 23.2. The molecule has 1 aromatic carbocycles. The Morgan fingerprint density at radius 3 is 2.19 bits per heavy atom. The Labute approximate surface area is 188 Å². The van der Waals surface area contributed by atoms with Gasteiger partial charge in [0.2, 0.25) is 6.35 Å². The summed E-state index contributed by atoms with van der Waals surface area (Å²) in [6.07, 6.45) is -3.67. The van der Waals surface area contributed by atoms with Gasteiger partial charge in [0.25, 0.3) is 0 Å². The first-order chi connectivity index (χ1) is 14.2. The maximum absolute atomic E-state index is 12.7. The van der Waals surface area contributed by atoms with Gasteiger partial charge in [-0.1, -0.05) is 33.9 Å². The Balaban J connectivity index is 1.90. The highest BCUT2D eigenvalue weighted by molar-refractivity contribution is 9.10. The number of nitrogens with zero attached hydrogens (tertiary/aromatic N) is 2. The molecule has 31 heavy (non-hydrogen) atoms. The SMILES string of the molecule is CC(C)(C)[Si](C)(C)n1cc(NC(O)Nc2ccc(C(F)(F)F)cc2)c2nc(Br)ccc21. The van der Waals surface area contributed by atoms with Crippen LogP contribution in [0.25, 0.3) is 11.0 Å². The lowest BCUT2D eigenvalue weighted by Crippen LogP contribution is -2.44. The third-order valence-electron chi connectivity index (χ3n) is 5.86. The van der Waals surface area contributed by atoms with E-state index in [0.29, 0.717) is 21.5 Å². The molecule has 0 aliphatic carbocycles. The van der Waals surface area contributed by atoms with Gasteiger partial charge in [-0.05, 0) is 57.4 Å². The Bertz CT molecular complexity index is 1080. The van der Waals surface area contributed by atoms with Crippen molar-refractivity contribution in [2.24, 2.45) is 0 Å². The predicted octanol–water partition coefficient (Wildman–Crippen LogP) is 6.47. The van der Waals surface area contributed by atoms with E-state index in [-0.39, 0.29) is 5.04 Å². The quantitative estimate of drug-likeness (QED) is 0.207. The predicted molar refractivity (Wildman–Crippen MR) is 125 cm³/mol. The molecule has 2 heterocycles. The van der Waals surface area contributed by atoms with Crippen LogP contribution in [0, 0.1) is 0 Å². The standard InChI is InChI=1S/C21H26BrF3N4OSi/c1-20(2,3)31(4,5)29-12-15(18-16(29)10-11-17(22)28-18)27-19(30)26-14-8-6-13(7-9-14)21(23,24)25/h6-12,19,26-27,30H,1-5H3. The van der Waals surface area contributed by atoms with Crippen LogP contribution in [0.2, 0.25) is 18.1 Å². The summed E-state index contributed by atoms with van der Waals surface area (Å²) in [4.78, 5) is 4.58. The molecule has 3 aromatic rings. The van der Waals surface area contributed by atoms with E-state index in [1.54, 1.807) is 0 Å². The van der Waals surface area contributed by atoms with E-state index in [4.69, 9.17) is 0 Å². The zero-order valence-electron chi connectivity index (χ0n) is 18.0. The molecule has 3 rings (SSSR count). The maximum Gasteiger partial charge on any atom is 0.416 e. The molecule has 168 valence electrons. The van der Waals surface area contributed by atoms with Crippen molar-refractivity contribution in [2.45, 2.75) is 51.4 Å². The van der Waals surface area contributed by atoms with E-state index in [0.717, 1.165) is 17.6 Å². The summed E-state index contributed by atoms with van der Waals surface area (Å²) in [7, 11) is -1.98. The fourth-order valence-electron chi connectivity index (χ4n) is 3.11. The molecule has 0 spiro atoms. The number of aromatic nitrogens is 2. The summed E-state index contributed by atoms with van der Waals surface area (Å²) in [6.45, 7) is 11.2. The number of fused-ring (bicyclic) bond motifs is 1. The summed E-state index contributed by atoms with van der Waals surface area (Å²) in [6, 6.07) is 8.37. The first-order valence-electron chi connectivity index (χ1n) is 9.76. The van der Waals surface area contributed by atoms with E-state index in [1.165, 1.54) is 12.1 Å². The molecule has 5 nitrogen and oxygen atoms in total. The highest BCUT2D eigenvalue weighted by Crippen LogP contribution is 2.40. The van der Waals surface area contributed by atoms with Crippen molar-refractivity contribution in [3.05, 3.63) is 52.8 Å². The monoisotopic (exact) mass is 514 g/mol. The molecular weight excluding hydrogens is 489 g/mol. The Hall–Kier alpha value is -2.04. The number of benzene rings is 1. The van der Waals surface area contributed by atoms with Crippen LogP contribution in [-0.2, 0) is 6.18 Å². The van der Waals surface area contributed by atoms with Gasteiger partial charge in [-0.2, -0.15) is 13.2 Å². The molecule has 0 aliphatic rings. The summed E-state index contributed by atoms with van der Waals surface area (Å²) in [5.41, 5.74) is 1.90. The molecule has 2 aromatic heterocycles. The van der Waals surface area contributed by atoms with E-state index in [1.807, 2.05) is 18.3 Å². The summed E-state index contributed by atoms with van der Waals surface area (Å²) in [5.74, 6) is 0. The van der Waals surface area contributed by atoms with E-state index in [9.17, 15) is 18.3 Å². The Kier molecular flexibility index (Phi) is 6.20. The second-order valence-electron chi connectivity index (χ2n) is 8.99. The van der Waals surface area contributed by atoms with Crippen LogP contribution in [0.1, 0.15) is 26.3 Å². The number of hydrogen-bond donors (Lipinski definition) is 3. The molecule has 0 fully saturated rings. The average molecular weight is 515 g/mol. The molecular formula is C21H26BrF3N4OSi. The van der Waals surface area contributed by atoms with Crippen molar-refractivity contribution in [2.75, 3.05) is 10.6 Å². The van der Waals surface area contributed by atoms with Crippen LogP contribution in [0.5, 0.6) is 0 Å². The molecule has 0 saturated carbocycles. The van der Waals surface area contributed by atoms with Gasteiger partial charge >= 0.3 is 6.18 Å². The van der Waals surface area contributed by atoms with Gasteiger partial charge in [0.05, 0.1) is 16.8 Å². The first kappa shape index (κ1) is 23.6. The lowest BCUT2D eigenvalue weighted by Gasteiger charge is -2.38. The second kappa shape index (κ2) is 8.14. The molecule has 0 bridgehead atoms. The van der Waals surface area contributed by atoms with Crippen molar-refractivity contribution < 1.29 is 18.3 Å². The van der Waals surface area contributed by atoms with Crippen molar-refractivity contribution in [1.82, 2.24) is 9.22 Å². The number of aliphatic hydroxyl groups excluding tert-OH is 1. The van der Waals surface area contributed by atoms with Crippen LogP contribution >= 0.6 is 15.9 Å². The van der Waals surface area contributed by atoms with Crippen LogP contribution in [0.3, 0.4) is 0 Å². The molecule has 1 atom stereocenters. The number of rotatable bonds is 5. The van der Waals surface area contributed by atoms with Crippen LogP contribution in [-0.4, -0.2) is 28.9 Å². The molecule has 1 unspecified atom stereocenters. The summed E-state index contributed by atoms with van der Waals surface area (Å²) < 4.78 is 41.1. The van der Waals surface area contributed by atoms with Gasteiger partial charge < -0.3 is 20.0 Å². The highest BCUT2D eigenvalue weighted by atomic mass is 79.9. The third-order valence-corrected chi connectivity index (χ3v) is 11.5. The van der Waals surface area contributed by atoms with Crippen LogP contribution < -0.4 is 10.6 Å². The number of alkyl halides is 3. The fraction of sp³-hybridized carbons (Fsp3) is 0.381. The van der Waals surface area contributed by atoms with Crippen LogP contribution in [0.4, 0.5) is 24.5 Å². The lowest BCUT2D eigenvalue weighted by atomic mass is 10.2. The maximum atomic E-state index is 12.7. The van der Waals surface area contributed by atoms with E-state index < -0.39 is 26.3 Å². The Morgan fingerprint density at radius 2 is 1.65 bits per heavy atom. The van der Waals surface area contributed by atoms with Crippen molar-refractivity contribution in [3.8, 4) is 0 Å². The molecule has 10 heteroatoms. The fourth-order valence-corrected chi connectivity index (χ4v) is 5.37. The van der Waals surface area contributed by atoms with Crippen LogP contribution in [0.15, 0.2) is 47.2 Å². The number of halogens is 4. The van der Waals surface area contributed by atoms with Gasteiger partial charge in [0.1, 0.15) is 10.1 Å². The topological polar surface area (TPSA) is 62.1 Å². The summed E-state index contributed by atoms with van der Waals surface area (Å²) in [5, 5.41) is 16.3. The van der Waals surface area contributed by atoms with Gasteiger partial charge in [-0.15, -0.1) is 0 Å². The van der Waals surface area contributed by atoms with Crippen molar-refractivity contribution in [3.63, 3.8) is 0 Å². The third kappa shape index (κ3) is 4.91. The molecule has 0 radical (unpaired) electrons. The number of anilines is 2. The molecule has 0 saturated heterocycles. The Morgan fingerprint density at radius 1 is 1.03 bits per heavy atom. The minimum Gasteiger partial charge on any atom is -0.371 e. The normalized spacial score (nSPS) is 14.0. The number of aliphatic hydroxyl groups is 1. The van der Waals surface area contributed by atoms with E-state index in [2.05, 4.69) is 69.6 Å². The molecule has 0 aliphatic heterocycles. The number of nitrogens with one attached hydrogen (secondary N) is 2. The minimum absolute atomic E-state index is 0.0698. The lowest BCUT2D eigenvalue weighted by molar-refractivity contribution is -0.137. The molecule has 3 N–H and O–H groups in total. The first-order valence-corrected chi connectivity index (χ1v) is 13.5. The zero-order valence-corrected chi connectivity index (χ0v) is 20.6. The van der Waals surface area contributed by atoms with Gasteiger partial charge in [-0.25, -0.2) is 4.98 Å². The smallest absolute Gasteiger partial charge is 0.371 e. The molecule has 0 amide bonds. The van der Waals surface area contributed by atoms with Crippen molar-refractivity contribution >= 4 is 46.6 Å². The van der Waals surface area contributed by atoms with Gasteiger partial charge in [0, 0.05) is 11.9 Å². The van der Waals surface area contributed by atoms with Gasteiger partial charge in [0.15, 0.2) is 8.24 Å². The van der Waals surface area contributed by atoms with Gasteiger partial charge in [-0.3, -0.25) is 0 Å². The van der Waals surface area contributed by atoms with E-state index >= 15 is 0 Å².